The van der Waals surface area contributed by atoms with E-state index in [4.69, 9.17) is 17.3 Å². The molecule has 0 radical (unpaired) electrons. The Morgan fingerprint density at radius 2 is 2.44 bits per heavy atom. The smallest absolute Gasteiger partial charge is 0.161 e. The fourth-order valence-electron chi connectivity index (χ4n) is 2.11. The number of nitrogens with zero attached hydrogens (tertiary/aromatic N) is 3. The van der Waals surface area contributed by atoms with E-state index in [1.807, 2.05) is 0 Å². The van der Waals surface area contributed by atoms with Gasteiger partial charge in [-0.3, -0.25) is 5.10 Å². The zero-order valence-corrected chi connectivity index (χ0v) is 9.41. The molecule has 3 heterocycles. The van der Waals surface area contributed by atoms with Crippen molar-refractivity contribution in [1.82, 2.24) is 15.2 Å². The number of anilines is 1. The fourth-order valence-corrected chi connectivity index (χ4v) is 2.34. The molecule has 1 saturated heterocycles. The van der Waals surface area contributed by atoms with Gasteiger partial charge in [0.2, 0.25) is 0 Å². The third-order valence-corrected chi connectivity index (χ3v) is 3.23. The largest absolute Gasteiger partial charge is 0.353 e. The van der Waals surface area contributed by atoms with Gasteiger partial charge in [0.15, 0.2) is 11.5 Å². The Bertz CT molecular complexity index is 523. The number of aromatic amines is 1. The number of fused-ring (bicyclic) bond motifs is 1. The summed E-state index contributed by atoms with van der Waals surface area (Å²) in [5.74, 6) is 0.862. The van der Waals surface area contributed by atoms with E-state index >= 15 is 0 Å². The molecule has 5 nitrogen and oxygen atoms in total. The first-order chi connectivity index (χ1) is 7.75. The first-order valence-electron chi connectivity index (χ1n) is 5.25. The Morgan fingerprint density at radius 1 is 1.56 bits per heavy atom. The van der Waals surface area contributed by atoms with Crippen LogP contribution in [0.5, 0.6) is 0 Å². The normalized spacial score (nSPS) is 20.9. The quantitative estimate of drug-likeness (QED) is 0.781. The molecule has 2 aromatic heterocycles. The Balaban J connectivity index is 2.10. The van der Waals surface area contributed by atoms with Gasteiger partial charge in [-0.15, -0.1) is 0 Å². The van der Waals surface area contributed by atoms with Gasteiger partial charge in [0.05, 0.1) is 10.4 Å². The molecule has 0 saturated carbocycles. The maximum absolute atomic E-state index is 6.16. The summed E-state index contributed by atoms with van der Waals surface area (Å²) >= 11 is 6.16. The van der Waals surface area contributed by atoms with E-state index in [0.717, 1.165) is 36.4 Å². The van der Waals surface area contributed by atoms with Crippen molar-refractivity contribution in [3.05, 3.63) is 17.3 Å². The van der Waals surface area contributed by atoms with Gasteiger partial charge in [-0.1, -0.05) is 11.6 Å². The molecule has 0 aliphatic carbocycles. The summed E-state index contributed by atoms with van der Waals surface area (Å²) < 4.78 is 0. The first kappa shape index (κ1) is 9.86. The Morgan fingerprint density at radius 3 is 3.19 bits per heavy atom. The molecule has 84 valence electrons. The molecule has 1 atom stereocenters. The third-order valence-electron chi connectivity index (χ3n) is 2.92. The molecule has 0 unspecified atom stereocenters. The van der Waals surface area contributed by atoms with Crippen molar-refractivity contribution in [2.24, 2.45) is 5.73 Å². The van der Waals surface area contributed by atoms with Gasteiger partial charge in [-0.25, -0.2) is 4.98 Å². The van der Waals surface area contributed by atoms with E-state index in [0.29, 0.717) is 5.02 Å². The highest BCUT2D eigenvalue weighted by Gasteiger charge is 2.24. The van der Waals surface area contributed by atoms with Crippen LogP contribution in [0.15, 0.2) is 12.3 Å². The van der Waals surface area contributed by atoms with Crippen LogP contribution >= 0.6 is 11.6 Å². The molecule has 1 aliphatic rings. The average molecular weight is 238 g/mol. The van der Waals surface area contributed by atoms with Gasteiger partial charge < -0.3 is 10.6 Å². The van der Waals surface area contributed by atoms with Crippen molar-refractivity contribution < 1.29 is 0 Å². The zero-order chi connectivity index (χ0) is 11.1. The lowest BCUT2D eigenvalue weighted by Crippen LogP contribution is -2.26. The van der Waals surface area contributed by atoms with Crippen molar-refractivity contribution in [3.63, 3.8) is 0 Å². The maximum atomic E-state index is 6.16. The van der Waals surface area contributed by atoms with Gasteiger partial charge in [0, 0.05) is 25.3 Å². The number of nitrogens with one attached hydrogen (secondary N) is 1. The number of nitrogens with two attached hydrogens (primary N) is 1. The zero-order valence-electron chi connectivity index (χ0n) is 8.65. The number of H-pyrrole nitrogens is 1. The van der Waals surface area contributed by atoms with Gasteiger partial charge >= 0.3 is 0 Å². The Kier molecular flexibility index (Phi) is 2.22. The lowest BCUT2D eigenvalue weighted by atomic mass is 10.3. The van der Waals surface area contributed by atoms with Crippen LogP contribution in [0.3, 0.4) is 0 Å². The Labute approximate surface area is 97.6 Å². The number of hydrogen-bond acceptors (Lipinski definition) is 4. The van der Waals surface area contributed by atoms with E-state index in [1.165, 1.54) is 0 Å². The summed E-state index contributed by atoms with van der Waals surface area (Å²) in [4.78, 5) is 6.34. The minimum absolute atomic E-state index is 0.224. The lowest BCUT2D eigenvalue weighted by molar-refractivity contribution is 0.751. The van der Waals surface area contributed by atoms with E-state index in [9.17, 15) is 0 Å². The van der Waals surface area contributed by atoms with Gasteiger partial charge in [-0.05, 0) is 12.5 Å². The van der Waals surface area contributed by atoms with Crippen LogP contribution in [-0.2, 0) is 0 Å². The number of halogens is 1. The fraction of sp³-hybridized carbons (Fsp3) is 0.400. The van der Waals surface area contributed by atoms with Crippen molar-refractivity contribution >= 4 is 28.5 Å². The summed E-state index contributed by atoms with van der Waals surface area (Å²) in [6, 6.07) is 2.00. The van der Waals surface area contributed by atoms with E-state index < -0.39 is 0 Å². The topological polar surface area (TPSA) is 70.8 Å². The summed E-state index contributed by atoms with van der Waals surface area (Å²) in [7, 11) is 0. The van der Waals surface area contributed by atoms with Crippen molar-refractivity contribution in [2.45, 2.75) is 12.5 Å². The molecule has 1 fully saturated rings. The standard InChI is InChI=1S/C10H12ClN5/c11-7-1-3-13-9-8(7)10(15-14-9)16-4-2-6(12)5-16/h1,3,6H,2,4-5,12H2,(H,13,14,15)/t6-/m1/s1. The molecule has 2 aromatic rings. The number of rotatable bonds is 1. The number of aromatic nitrogens is 3. The molecule has 0 amide bonds. The second kappa shape index (κ2) is 3.61. The molecule has 1 aliphatic heterocycles. The molecule has 3 N–H and O–H groups in total. The maximum Gasteiger partial charge on any atom is 0.161 e. The van der Waals surface area contributed by atoms with Crippen LogP contribution in [0.4, 0.5) is 5.82 Å². The molecular formula is C10H12ClN5. The molecule has 0 spiro atoms. The Hall–Kier alpha value is -1.33. The van der Waals surface area contributed by atoms with Crippen LogP contribution in [-0.4, -0.2) is 34.3 Å². The van der Waals surface area contributed by atoms with Crippen LogP contribution in [0, 0.1) is 0 Å². The SMILES string of the molecule is N[C@@H]1CCN(c2n[nH]c3nccc(Cl)c23)C1. The number of hydrogen-bond donors (Lipinski definition) is 2. The first-order valence-corrected chi connectivity index (χ1v) is 5.62. The molecule has 0 aromatic carbocycles. The molecule has 3 rings (SSSR count). The van der Waals surface area contributed by atoms with Gasteiger partial charge in [0.25, 0.3) is 0 Å². The summed E-state index contributed by atoms with van der Waals surface area (Å²) in [5.41, 5.74) is 6.61. The second-order valence-electron chi connectivity index (χ2n) is 4.06. The van der Waals surface area contributed by atoms with Crippen LogP contribution in [0.2, 0.25) is 5.02 Å². The number of pyridine rings is 1. The highest BCUT2D eigenvalue weighted by Crippen LogP contribution is 2.30. The summed E-state index contributed by atoms with van der Waals surface area (Å²) in [6.07, 6.45) is 2.66. The predicted molar refractivity (Wildman–Crippen MR) is 63.7 cm³/mol. The molecule has 16 heavy (non-hydrogen) atoms. The summed E-state index contributed by atoms with van der Waals surface area (Å²) in [5, 5.41) is 8.73. The van der Waals surface area contributed by atoms with Crippen molar-refractivity contribution in [2.75, 3.05) is 18.0 Å². The highest BCUT2D eigenvalue weighted by atomic mass is 35.5. The third kappa shape index (κ3) is 1.44. The van der Waals surface area contributed by atoms with Crippen LogP contribution < -0.4 is 10.6 Å². The minimum atomic E-state index is 0.224. The van der Waals surface area contributed by atoms with E-state index in [-0.39, 0.29) is 6.04 Å². The second-order valence-corrected chi connectivity index (χ2v) is 4.47. The molecule has 6 heteroatoms. The van der Waals surface area contributed by atoms with Crippen molar-refractivity contribution in [3.8, 4) is 0 Å². The van der Waals surface area contributed by atoms with Gasteiger partial charge in [-0.2, -0.15) is 5.10 Å². The van der Waals surface area contributed by atoms with Crippen LogP contribution in [0.25, 0.3) is 11.0 Å². The van der Waals surface area contributed by atoms with E-state index in [2.05, 4.69) is 20.1 Å². The lowest BCUT2D eigenvalue weighted by Gasteiger charge is -2.14. The molecular weight excluding hydrogens is 226 g/mol. The minimum Gasteiger partial charge on any atom is -0.353 e. The average Bonchev–Trinajstić information content (AvgIpc) is 2.84. The van der Waals surface area contributed by atoms with Crippen LogP contribution in [0.1, 0.15) is 6.42 Å². The predicted octanol–water partition coefficient (Wildman–Crippen LogP) is 1.15. The highest BCUT2D eigenvalue weighted by molar-refractivity contribution is 6.36. The van der Waals surface area contributed by atoms with Crippen molar-refractivity contribution in [1.29, 1.82) is 0 Å². The summed E-state index contributed by atoms with van der Waals surface area (Å²) in [6.45, 7) is 1.75. The monoisotopic (exact) mass is 237 g/mol. The van der Waals surface area contributed by atoms with E-state index in [1.54, 1.807) is 12.3 Å². The molecule has 0 bridgehead atoms. The van der Waals surface area contributed by atoms with Gasteiger partial charge in [0.1, 0.15) is 0 Å².